The maximum absolute atomic E-state index is 2.00. The SMILES string of the molecule is [Ta+2].c1cc[cH-]c1.c1cc[cH-]c1. The maximum Gasteiger partial charge on any atom is 2.00 e. The summed E-state index contributed by atoms with van der Waals surface area (Å²) in [5.41, 5.74) is 0. The van der Waals surface area contributed by atoms with Gasteiger partial charge in [0, 0.05) is 0 Å². The van der Waals surface area contributed by atoms with Crippen molar-refractivity contribution in [3.05, 3.63) is 60.7 Å². The van der Waals surface area contributed by atoms with Crippen LogP contribution in [-0.4, -0.2) is 0 Å². The third-order valence-corrected chi connectivity index (χ3v) is 1.11. The molecule has 2 rings (SSSR count). The zero-order chi connectivity index (χ0) is 7.07. The molecule has 2 aromatic carbocycles. The second-order valence-corrected chi connectivity index (χ2v) is 1.92. The van der Waals surface area contributed by atoms with E-state index in [1.54, 1.807) is 0 Å². The monoisotopic (exact) mass is 311 g/mol. The topological polar surface area (TPSA) is 0 Å². The molecule has 0 N–H and O–H groups in total. The van der Waals surface area contributed by atoms with Crippen LogP contribution in [0.3, 0.4) is 0 Å². The fourth-order valence-corrected chi connectivity index (χ4v) is 0.642. The molecule has 0 heterocycles. The van der Waals surface area contributed by atoms with Crippen molar-refractivity contribution in [3.8, 4) is 0 Å². The Morgan fingerprint density at radius 2 is 0.818 bits per heavy atom. The van der Waals surface area contributed by atoms with Gasteiger partial charge in [0.05, 0.1) is 0 Å². The molecule has 0 spiro atoms. The third-order valence-electron chi connectivity index (χ3n) is 1.11. The van der Waals surface area contributed by atoms with Gasteiger partial charge in [0.25, 0.3) is 0 Å². The van der Waals surface area contributed by atoms with Crippen molar-refractivity contribution in [1.82, 2.24) is 0 Å². The second kappa shape index (κ2) is 7.55. The summed E-state index contributed by atoms with van der Waals surface area (Å²) in [6.45, 7) is 0. The van der Waals surface area contributed by atoms with E-state index in [1.165, 1.54) is 0 Å². The van der Waals surface area contributed by atoms with E-state index in [0.717, 1.165) is 0 Å². The van der Waals surface area contributed by atoms with Crippen LogP contribution in [0.2, 0.25) is 0 Å². The molecule has 0 bridgehead atoms. The van der Waals surface area contributed by atoms with Crippen LogP contribution >= 0.6 is 0 Å². The molecule has 0 amide bonds. The second-order valence-electron chi connectivity index (χ2n) is 1.92. The van der Waals surface area contributed by atoms with Gasteiger partial charge in [0.15, 0.2) is 0 Å². The van der Waals surface area contributed by atoms with Gasteiger partial charge in [0.2, 0.25) is 0 Å². The first-order valence-corrected chi connectivity index (χ1v) is 3.33. The molecule has 1 radical (unpaired) electrons. The van der Waals surface area contributed by atoms with Gasteiger partial charge >= 0.3 is 22.4 Å². The van der Waals surface area contributed by atoms with Crippen molar-refractivity contribution in [2.45, 2.75) is 0 Å². The van der Waals surface area contributed by atoms with Gasteiger partial charge in [-0.15, -0.1) is 0 Å². The Bertz CT molecular complexity index is 144. The molecule has 2 aromatic rings. The Hall–Kier alpha value is -0.560. The molecular weight excluding hydrogens is 301 g/mol. The van der Waals surface area contributed by atoms with Crippen molar-refractivity contribution in [3.63, 3.8) is 0 Å². The standard InChI is InChI=1S/2C5H5.Ta/c2*1-2-4-5-3-1;/h2*1-5H;/q2*-1;+2. The summed E-state index contributed by atoms with van der Waals surface area (Å²) >= 11 is 0. The van der Waals surface area contributed by atoms with Crippen LogP contribution < -0.4 is 0 Å². The molecule has 0 atom stereocenters. The minimum atomic E-state index is 0. The number of hydrogen-bond acceptors (Lipinski definition) is 0. The number of hydrogen-bond donors (Lipinski definition) is 0. The Morgan fingerprint density at radius 1 is 0.545 bits per heavy atom. The summed E-state index contributed by atoms with van der Waals surface area (Å²) in [5.74, 6) is 0. The summed E-state index contributed by atoms with van der Waals surface area (Å²) in [6.07, 6.45) is 0. The minimum Gasteiger partial charge on any atom is -0.214 e. The van der Waals surface area contributed by atoms with E-state index in [9.17, 15) is 0 Å². The van der Waals surface area contributed by atoms with Crippen LogP contribution in [0, 0.1) is 0 Å². The van der Waals surface area contributed by atoms with Crippen LogP contribution in [0.5, 0.6) is 0 Å². The average molecular weight is 311 g/mol. The molecule has 0 aliphatic carbocycles. The molecule has 1 heteroatoms. The summed E-state index contributed by atoms with van der Waals surface area (Å²) in [5, 5.41) is 0. The Labute approximate surface area is 83.1 Å². The Balaban J connectivity index is 0.000000167. The van der Waals surface area contributed by atoms with Gasteiger partial charge in [-0.05, 0) is 0 Å². The van der Waals surface area contributed by atoms with Gasteiger partial charge < -0.3 is 0 Å². The quantitative estimate of drug-likeness (QED) is 0.656. The van der Waals surface area contributed by atoms with E-state index in [4.69, 9.17) is 0 Å². The predicted octanol–water partition coefficient (Wildman–Crippen LogP) is 2.81. The predicted molar refractivity (Wildman–Crippen MR) is 44.1 cm³/mol. The largest absolute Gasteiger partial charge is 2.00 e. The van der Waals surface area contributed by atoms with Crippen LogP contribution in [0.15, 0.2) is 60.7 Å². The molecule has 55 valence electrons. The molecule has 0 unspecified atom stereocenters. The van der Waals surface area contributed by atoms with E-state index in [2.05, 4.69) is 0 Å². The van der Waals surface area contributed by atoms with E-state index in [1.807, 2.05) is 60.7 Å². The van der Waals surface area contributed by atoms with Gasteiger partial charge in [-0.3, -0.25) is 0 Å². The van der Waals surface area contributed by atoms with Gasteiger partial charge in [-0.25, -0.2) is 24.3 Å². The normalized spacial score (nSPS) is 7.27. The van der Waals surface area contributed by atoms with Crippen molar-refractivity contribution < 1.29 is 22.4 Å². The average Bonchev–Trinajstić information content (AvgIpc) is 2.67. The molecule has 0 saturated heterocycles. The molecule has 11 heavy (non-hydrogen) atoms. The molecule has 0 saturated carbocycles. The molecule has 0 fully saturated rings. The Morgan fingerprint density at radius 3 is 0.909 bits per heavy atom. The summed E-state index contributed by atoms with van der Waals surface area (Å²) in [4.78, 5) is 0. The number of rotatable bonds is 0. The van der Waals surface area contributed by atoms with E-state index >= 15 is 0 Å². The summed E-state index contributed by atoms with van der Waals surface area (Å²) < 4.78 is 0. The maximum atomic E-state index is 2.00. The van der Waals surface area contributed by atoms with Crippen LogP contribution in [0.25, 0.3) is 0 Å². The zero-order valence-electron chi connectivity index (χ0n) is 6.22. The van der Waals surface area contributed by atoms with Crippen LogP contribution in [0.4, 0.5) is 0 Å². The van der Waals surface area contributed by atoms with Crippen molar-refractivity contribution in [2.75, 3.05) is 0 Å². The molecule has 0 aliphatic heterocycles. The first-order valence-electron chi connectivity index (χ1n) is 3.33. The molecule has 0 nitrogen and oxygen atoms in total. The third kappa shape index (κ3) is 5.86. The van der Waals surface area contributed by atoms with Crippen LogP contribution in [-0.2, 0) is 22.4 Å². The fourth-order valence-electron chi connectivity index (χ4n) is 0.642. The van der Waals surface area contributed by atoms with Crippen molar-refractivity contribution >= 4 is 0 Å². The first-order chi connectivity index (χ1) is 5.00. The molecule has 0 aromatic heterocycles. The Kier molecular flexibility index (Phi) is 7.16. The van der Waals surface area contributed by atoms with E-state index < -0.39 is 0 Å². The minimum absolute atomic E-state index is 0. The first kappa shape index (κ1) is 10.4. The smallest absolute Gasteiger partial charge is 0.214 e. The van der Waals surface area contributed by atoms with Crippen molar-refractivity contribution in [2.24, 2.45) is 0 Å². The zero-order valence-corrected chi connectivity index (χ0v) is 9.43. The summed E-state index contributed by atoms with van der Waals surface area (Å²) in [7, 11) is 0. The van der Waals surface area contributed by atoms with Crippen molar-refractivity contribution in [1.29, 1.82) is 0 Å². The van der Waals surface area contributed by atoms with Gasteiger partial charge in [-0.2, -0.15) is 36.4 Å². The van der Waals surface area contributed by atoms with Gasteiger partial charge in [-0.1, -0.05) is 0 Å². The van der Waals surface area contributed by atoms with Gasteiger partial charge in [0.1, 0.15) is 0 Å². The van der Waals surface area contributed by atoms with E-state index in [-0.39, 0.29) is 22.4 Å². The molecular formula is C10H10Ta. The fraction of sp³-hybridized carbons (Fsp3) is 0. The van der Waals surface area contributed by atoms with Crippen LogP contribution in [0.1, 0.15) is 0 Å². The summed E-state index contributed by atoms with van der Waals surface area (Å²) in [6, 6.07) is 20.0. The van der Waals surface area contributed by atoms with E-state index in [0.29, 0.717) is 0 Å². The molecule has 0 aliphatic rings.